The smallest absolute Gasteiger partial charge is 0.418 e. The molecule has 0 saturated carbocycles. The van der Waals surface area contributed by atoms with E-state index < -0.39 is 12.1 Å². The number of fused-ring (bicyclic) bond motifs is 1. The average molecular weight is 289 g/mol. The summed E-state index contributed by atoms with van der Waals surface area (Å²) < 4.78 is 11.0. The van der Waals surface area contributed by atoms with Crippen molar-refractivity contribution in [3.63, 3.8) is 0 Å². The summed E-state index contributed by atoms with van der Waals surface area (Å²) in [4.78, 5) is 35.5. The number of hydrogen-bond acceptors (Lipinski definition) is 5. The molecule has 6 heteroatoms. The highest BCUT2D eigenvalue weighted by atomic mass is 16.5. The molecule has 0 unspecified atom stereocenters. The number of carbonyl (C=O) groups excluding carboxylic acids is 2. The average Bonchev–Trinajstić information content (AvgIpc) is 2.48. The molecule has 0 atom stereocenters. The zero-order valence-corrected chi connectivity index (χ0v) is 11.8. The van der Waals surface area contributed by atoms with Crippen LogP contribution in [0.3, 0.4) is 0 Å². The van der Waals surface area contributed by atoms with Gasteiger partial charge in [-0.15, -0.1) is 0 Å². The molecule has 0 aliphatic heterocycles. The minimum absolute atomic E-state index is 0.230. The Morgan fingerprint density at radius 2 is 1.81 bits per heavy atom. The van der Waals surface area contributed by atoms with E-state index in [-0.39, 0.29) is 29.6 Å². The van der Waals surface area contributed by atoms with Crippen molar-refractivity contribution in [3.8, 4) is 0 Å². The van der Waals surface area contributed by atoms with Crippen molar-refractivity contribution in [1.29, 1.82) is 0 Å². The van der Waals surface area contributed by atoms with Gasteiger partial charge in [0.05, 0.1) is 24.3 Å². The third kappa shape index (κ3) is 2.94. The van der Waals surface area contributed by atoms with E-state index in [1.54, 1.807) is 13.8 Å². The number of benzene rings is 1. The molecule has 1 aromatic carbocycles. The molecule has 1 aromatic heterocycles. The SMILES string of the molecule is CCOC(=O)c1ccc2c(c1)c(=O)ccn2C(=O)OCC. The number of esters is 1. The zero-order chi connectivity index (χ0) is 15.4. The first-order valence-corrected chi connectivity index (χ1v) is 6.58. The Labute approximate surface area is 120 Å². The first kappa shape index (κ1) is 14.8. The number of rotatable bonds is 3. The van der Waals surface area contributed by atoms with E-state index in [9.17, 15) is 14.4 Å². The van der Waals surface area contributed by atoms with Gasteiger partial charge in [0.15, 0.2) is 5.43 Å². The molecule has 6 nitrogen and oxygen atoms in total. The van der Waals surface area contributed by atoms with Crippen LogP contribution in [-0.2, 0) is 9.47 Å². The topological polar surface area (TPSA) is 74.6 Å². The van der Waals surface area contributed by atoms with Crippen LogP contribution in [0.5, 0.6) is 0 Å². The summed E-state index contributed by atoms with van der Waals surface area (Å²) in [5.74, 6) is -0.509. The van der Waals surface area contributed by atoms with E-state index in [0.29, 0.717) is 5.52 Å². The molecule has 0 amide bonds. The lowest BCUT2D eigenvalue weighted by Gasteiger charge is -2.10. The quantitative estimate of drug-likeness (QED) is 0.810. The number of nitrogens with zero attached hydrogens (tertiary/aromatic N) is 1. The van der Waals surface area contributed by atoms with E-state index in [2.05, 4.69) is 0 Å². The molecule has 2 aromatic rings. The van der Waals surface area contributed by atoms with E-state index in [4.69, 9.17) is 9.47 Å². The molecule has 2 rings (SSSR count). The van der Waals surface area contributed by atoms with Crippen LogP contribution < -0.4 is 5.43 Å². The Morgan fingerprint density at radius 1 is 1.10 bits per heavy atom. The van der Waals surface area contributed by atoms with E-state index in [1.807, 2.05) is 0 Å². The molecule has 0 fully saturated rings. The van der Waals surface area contributed by atoms with Crippen LogP contribution in [0.15, 0.2) is 35.3 Å². The van der Waals surface area contributed by atoms with E-state index in [0.717, 1.165) is 0 Å². The summed E-state index contributed by atoms with van der Waals surface area (Å²) in [6, 6.07) is 5.72. The van der Waals surface area contributed by atoms with E-state index >= 15 is 0 Å². The standard InChI is InChI=1S/C15H15NO5/c1-3-20-14(18)10-5-6-12-11(9-10)13(17)7-8-16(12)15(19)21-4-2/h5-9H,3-4H2,1-2H3. The zero-order valence-electron chi connectivity index (χ0n) is 11.8. The van der Waals surface area contributed by atoms with Gasteiger partial charge in [-0.3, -0.25) is 9.36 Å². The molecule has 0 bridgehead atoms. The summed E-state index contributed by atoms with van der Waals surface area (Å²) in [7, 11) is 0. The summed E-state index contributed by atoms with van der Waals surface area (Å²) in [5.41, 5.74) is 0.369. The summed E-state index contributed by atoms with van der Waals surface area (Å²) >= 11 is 0. The van der Waals surface area contributed by atoms with Gasteiger partial charge in [0.2, 0.25) is 0 Å². The van der Waals surface area contributed by atoms with Crippen molar-refractivity contribution >= 4 is 23.0 Å². The van der Waals surface area contributed by atoms with Gasteiger partial charge in [0.1, 0.15) is 0 Å². The number of pyridine rings is 1. The molecular weight excluding hydrogens is 274 g/mol. The third-order valence-corrected chi connectivity index (χ3v) is 2.87. The van der Waals surface area contributed by atoms with Crippen LogP contribution in [-0.4, -0.2) is 29.8 Å². The van der Waals surface area contributed by atoms with Gasteiger partial charge in [-0.1, -0.05) is 0 Å². The van der Waals surface area contributed by atoms with Crippen LogP contribution in [0.2, 0.25) is 0 Å². The minimum Gasteiger partial charge on any atom is -0.462 e. The monoisotopic (exact) mass is 289 g/mol. The Morgan fingerprint density at radius 3 is 2.48 bits per heavy atom. The summed E-state index contributed by atoms with van der Waals surface area (Å²) in [6.07, 6.45) is 0.776. The van der Waals surface area contributed by atoms with Crippen molar-refractivity contribution in [2.45, 2.75) is 13.8 Å². The van der Waals surface area contributed by atoms with Gasteiger partial charge in [-0.05, 0) is 32.0 Å². The normalized spacial score (nSPS) is 10.4. The Hall–Kier alpha value is -2.63. The molecule has 0 aliphatic rings. The van der Waals surface area contributed by atoms with Gasteiger partial charge in [0.25, 0.3) is 0 Å². The van der Waals surface area contributed by atoms with Crippen molar-refractivity contribution in [2.75, 3.05) is 13.2 Å². The second kappa shape index (κ2) is 6.21. The van der Waals surface area contributed by atoms with Crippen molar-refractivity contribution < 1.29 is 19.1 Å². The Balaban J connectivity index is 2.58. The van der Waals surface area contributed by atoms with Gasteiger partial charge in [-0.2, -0.15) is 0 Å². The number of aromatic nitrogens is 1. The van der Waals surface area contributed by atoms with Gasteiger partial charge >= 0.3 is 12.1 Å². The summed E-state index contributed by atoms with van der Waals surface area (Å²) in [6.45, 7) is 3.88. The predicted molar refractivity (Wildman–Crippen MR) is 76.6 cm³/mol. The predicted octanol–water partition coefficient (Wildman–Crippen LogP) is 2.18. The maximum Gasteiger partial charge on any atom is 0.418 e. The maximum absolute atomic E-state index is 11.9. The van der Waals surface area contributed by atoms with Crippen LogP contribution >= 0.6 is 0 Å². The highest BCUT2D eigenvalue weighted by molar-refractivity contribution is 5.96. The fraction of sp³-hybridized carbons (Fsp3) is 0.267. The molecule has 0 aliphatic carbocycles. The molecule has 1 heterocycles. The molecule has 0 spiro atoms. The number of hydrogen-bond donors (Lipinski definition) is 0. The minimum atomic E-state index is -0.577. The van der Waals surface area contributed by atoms with E-state index in [1.165, 1.54) is 35.0 Å². The lowest BCUT2D eigenvalue weighted by atomic mass is 10.1. The van der Waals surface area contributed by atoms with Crippen molar-refractivity contribution in [3.05, 3.63) is 46.2 Å². The largest absolute Gasteiger partial charge is 0.462 e. The van der Waals surface area contributed by atoms with Crippen molar-refractivity contribution in [2.24, 2.45) is 0 Å². The molecule has 21 heavy (non-hydrogen) atoms. The molecule has 0 N–H and O–H groups in total. The first-order chi connectivity index (χ1) is 10.1. The first-order valence-electron chi connectivity index (χ1n) is 6.58. The van der Waals surface area contributed by atoms with Crippen LogP contribution in [0.1, 0.15) is 24.2 Å². The molecular formula is C15H15NO5. The Bertz CT molecular complexity index is 747. The third-order valence-electron chi connectivity index (χ3n) is 2.87. The van der Waals surface area contributed by atoms with Crippen LogP contribution in [0, 0.1) is 0 Å². The maximum atomic E-state index is 11.9. The van der Waals surface area contributed by atoms with Crippen LogP contribution in [0.25, 0.3) is 10.9 Å². The molecule has 0 saturated heterocycles. The second-order valence-electron chi connectivity index (χ2n) is 4.20. The highest BCUT2D eigenvalue weighted by Crippen LogP contribution is 2.14. The molecule has 110 valence electrons. The lowest BCUT2D eigenvalue weighted by Crippen LogP contribution is -2.17. The Kier molecular flexibility index (Phi) is 4.37. The fourth-order valence-corrected chi connectivity index (χ4v) is 1.95. The number of carbonyl (C=O) groups is 2. The van der Waals surface area contributed by atoms with Gasteiger partial charge < -0.3 is 9.47 Å². The highest BCUT2D eigenvalue weighted by Gasteiger charge is 2.13. The fourth-order valence-electron chi connectivity index (χ4n) is 1.95. The van der Waals surface area contributed by atoms with Gasteiger partial charge in [-0.25, -0.2) is 9.59 Å². The lowest BCUT2D eigenvalue weighted by molar-refractivity contribution is 0.0526. The van der Waals surface area contributed by atoms with Gasteiger partial charge in [0, 0.05) is 17.6 Å². The second-order valence-corrected chi connectivity index (χ2v) is 4.20. The molecule has 0 radical (unpaired) electrons. The number of ether oxygens (including phenoxy) is 2. The van der Waals surface area contributed by atoms with Crippen molar-refractivity contribution in [1.82, 2.24) is 4.57 Å². The van der Waals surface area contributed by atoms with Crippen LogP contribution in [0.4, 0.5) is 4.79 Å². The summed E-state index contributed by atoms with van der Waals surface area (Å²) in [5, 5.41) is 0.260.